The maximum absolute atomic E-state index is 12.6. The highest BCUT2D eigenvalue weighted by Crippen LogP contribution is 2.29. The normalized spacial score (nSPS) is 10.6. The summed E-state index contributed by atoms with van der Waals surface area (Å²) in [5, 5.41) is 6.83. The Bertz CT molecular complexity index is 1230. The lowest BCUT2D eigenvalue weighted by atomic mass is 10.2. The van der Waals surface area contributed by atoms with Gasteiger partial charge in [0.25, 0.3) is 11.8 Å². The van der Waals surface area contributed by atoms with Crippen LogP contribution in [-0.4, -0.2) is 44.5 Å². The molecule has 0 saturated carbocycles. The first kappa shape index (κ1) is 28.0. The molecule has 0 aliphatic rings. The number of anilines is 1. The molecule has 3 rings (SSSR count). The largest absolute Gasteiger partial charge is 0.490 e. The lowest BCUT2D eigenvalue weighted by Gasteiger charge is -2.13. The molecule has 0 aliphatic carbocycles. The van der Waals surface area contributed by atoms with Gasteiger partial charge in [-0.3, -0.25) is 9.59 Å². The lowest BCUT2D eigenvalue weighted by molar-refractivity contribution is -0.118. The molecule has 9 heteroatoms. The molecule has 0 atom stereocenters. The molecule has 3 aromatic carbocycles. The van der Waals surface area contributed by atoms with Crippen LogP contribution >= 0.6 is 0 Å². The number of hydrazone groups is 1. The van der Waals surface area contributed by atoms with Crippen molar-refractivity contribution < 1.29 is 28.5 Å². The van der Waals surface area contributed by atoms with Crippen LogP contribution in [0.3, 0.4) is 0 Å². The zero-order valence-electron chi connectivity index (χ0n) is 21.9. The van der Waals surface area contributed by atoms with Crippen molar-refractivity contribution >= 4 is 23.7 Å². The Balaban J connectivity index is 1.61. The summed E-state index contributed by atoms with van der Waals surface area (Å²) < 4.78 is 22.6. The van der Waals surface area contributed by atoms with Crippen molar-refractivity contribution in [3.8, 4) is 23.0 Å². The average Bonchev–Trinajstić information content (AvgIpc) is 2.92. The van der Waals surface area contributed by atoms with E-state index >= 15 is 0 Å². The van der Waals surface area contributed by atoms with Crippen LogP contribution in [0.1, 0.15) is 43.1 Å². The van der Waals surface area contributed by atoms with Crippen molar-refractivity contribution in [1.29, 1.82) is 0 Å². The van der Waals surface area contributed by atoms with Gasteiger partial charge in [0.15, 0.2) is 29.6 Å². The standard InChI is InChI=1S/C29H33N3O6/c1-4-16-37-24-15-13-22(18-27(24)36-6-3)29(34)32-30-19-21-12-14-25(26(17-21)35-5-2)38-20-28(33)31-23-10-8-7-9-11-23/h7-15,17-19H,4-6,16,20H2,1-3H3,(H,31,33)(H,32,34)/b30-19+. The fourth-order valence-corrected chi connectivity index (χ4v) is 3.33. The number of nitrogens with zero attached hydrogens (tertiary/aromatic N) is 1. The van der Waals surface area contributed by atoms with Crippen molar-refractivity contribution in [1.82, 2.24) is 5.43 Å². The van der Waals surface area contributed by atoms with Crippen LogP contribution in [0.15, 0.2) is 71.8 Å². The van der Waals surface area contributed by atoms with E-state index in [1.807, 2.05) is 39.0 Å². The molecule has 2 amide bonds. The van der Waals surface area contributed by atoms with Gasteiger partial charge in [-0.15, -0.1) is 0 Å². The topological polar surface area (TPSA) is 107 Å². The SMILES string of the molecule is CCCOc1ccc(C(=O)N/N=C/c2ccc(OCC(=O)Nc3ccccc3)c(OCC)c2)cc1OCC. The molecular weight excluding hydrogens is 486 g/mol. The molecule has 0 aromatic heterocycles. The molecule has 200 valence electrons. The smallest absolute Gasteiger partial charge is 0.271 e. The third-order valence-corrected chi connectivity index (χ3v) is 5.03. The van der Waals surface area contributed by atoms with Gasteiger partial charge in [-0.2, -0.15) is 5.10 Å². The van der Waals surface area contributed by atoms with Crippen LogP contribution < -0.4 is 29.7 Å². The molecule has 0 bridgehead atoms. The summed E-state index contributed by atoms with van der Waals surface area (Å²) in [5.74, 6) is 1.30. The lowest BCUT2D eigenvalue weighted by Crippen LogP contribution is -2.20. The summed E-state index contributed by atoms with van der Waals surface area (Å²) in [6, 6.07) is 19.3. The summed E-state index contributed by atoms with van der Waals surface area (Å²) in [6.45, 7) is 6.97. The van der Waals surface area contributed by atoms with Crippen LogP contribution in [0, 0.1) is 0 Å². The Hall–Kier alpha value is -4.53. The van der Waals surface area contributed by atoms with Gasteiger partial charge in [-0.1, -0.05) is 25.1 Å². The zero-order valence-corrected chi connectivity index (χ0v) is 21.9. The highest BCUT2D eigenvalue weighted by Gasteiger charge is 2.12. The van der Waals surface area contributed by atoms with E-state index in [0.717, 1.165) is 6.42 Å². The molecule has 0 spiro atoms. The number of rotatable bonds is 14. The van der Waals surface area contributed by atoms with Crippen LogP contribution in [-0.2, 0) is 4.79 Å². The second-order valence-electron chi connectivity index (χ2n) is 7.98. The summed E-state index contributed by atoms with van der Waals surface area (Å²) in [7, 11) is 0. The van der Waals surface area contributed by atoms with Crippen LogP contribution in [0.4, 0.5) is 5.69 Å². The Morgan fingerprint density at radius 3 is 2.18 bits per heavy atom. The van der Waals surface area contributed by atoms with Gasteiger partial charge in [0.05, 0.1) is 26.0 Å². The average molecular weight is 520 g/mol. The van der Waals surface area contributed by atoms with Crippen molar-refractivity contribution in [3.05, 3.63) is 77.9 Å². The quantitative estimate of drug-likeness (QED) is 0.228. The Morgan fingerprint density at radius 1 is 0.789 bits per heavy atom. The van der Waals surface area contributed by atoms with E-state index in [0.29, 0.717) is 59.6 Å². The highest BCUT2D eigenvalue weighted by molar-refractivity contribution is 5.95. The van der Waals surface area contributed by atoms with Crippen molar-refractivity contribution in [2.24, 2.45) is 5.10 Å². The second-order valence-corrected chi connectivity index (χ2v) is 7.98. The summed E-state index contributed by atoms with van der Waals surface area (Å²) in [4.78, 5) is 24.8. The third kappa shape index (κ3) is 8.55. The van der Waals surface area contributed by atoms with Gasteiger partial charge >= 0.3 is 0 Å². The van der Waals surface area contributed by atoms with Crippen LogP contribution in [0.25, 0.3) is 0 Å². The van der Waals surface area contributed by atoms with Gasteiger partial charge in [-0.25, -0.2) is 5.43 Å². The predicted molar refractivity (Wildman–Crippen MR) is 147 cm³/mol. The van der Waals surface area contributed by atoms with Crippen molar-refractivity contribution in [2.75, 3.05) is 31.7 Å². The number of carbonyl (C=O) groups excluding carboxylic acids is 2. The summed E-state index contributed by atoms with van der Waals surface area (Å²) >= 11 is 0. The van der Waals surface area contributed by atoms with E-state index in [2.05, 4.69) is 15.8 Å². The van der Waals surface area contributed by atoms with E-state index in [4.69, 9.17) is 18.9 Å². The number of amides is 2. The van der Waals surface area contributed by atoms with Crippen molar-refractivity contribution in [3.63, 3.8) is 0 Å². The Labute approximate surface area is 222 Å². The van der Waals surface area contributed by atoms with E-state index in [9.17, 15) is 9.59 Å². The van der Waals surface area contributed by atoms with E-state index in [-0.39, 0.29) is 12.5 Å². The van der Waals surface area contributed by atoms with E-state index in [1.54, 1.807) is 48.5 Å². The van der Waals surface area contributed by atoms with Gasteiger partial charge in [0.1, 0.15) is 0 Å². The number of carbonyl (C=O) groups is 2. The minimum absolute atomic E-state index is 0.176. The summed E-state index contributed by atoms with van der Waals surface area (Å²) in [6.07, 6.45) is 2.36. The molecule has 2 N–H and O–H groups in total. The van der Waals surface area contributed by atoms with E-state index < -0.39 is 5.91 Å². The van der Waals surface area contributed by atoms with E-state index in [1.165, 1.54) is 6.21 Å². The maximum Gasteiger partial charge on any atom is 0.271 e. The number of hydrogen-bond donors (Lipinski definition) is 2. The molecule has 3 aromatic rings. The molecule has 0 aliphatic heterocycles. The molecule has 0 radical (unpaired) electrons. The third-order valence-electron chi connectivity index (χ3n) is 5.03. The monoisotopic (exact) mass is 519 g/mol. The number of hydrogen-bond acceptors (Lipinski definition) is 7. The fraction of sp³-hybridized carbons (Fsp3) is 0.276. The molecule has 38 heavy (non-hydrogen) atoms. The maximum atomic E-state index is 12.6. The van der Waals surface area contributed by atoms with Crippen LogP contribution in [0.2, 0.25) is 0 Å². The molecule has 0 unspecified atom stereocenters. The zero-order chi connectivity index (χ0) is 27.2. The van der Waals surface area contributed by atoms with Gasteiger partial charge < -0.3 is 24.3 Å². The first-order valence-corrected chi connectivity index (χ1v) is 12.5. The Morgan fingerprint density at radius 2 is 1.47 bits per heavy atom. The molecule has 0 saturated heterocycles. The highest BCUT2D eigenvalue weighted by atomic mass is 16.5. The number of para-hydroxylation sites is 1. The molecular formula is C29H33N3O6. The fourth-order valence-electron chi connectivity index (χ4n) is 3.33. The van der Waals surface area contributed by atoms with Gasteiger partial charge in [0, 0.05) is 11.3 Å². The number of benzene rings is 3. The van der Waals surface area contributed by atoms with Crippen molar-refractivity contribution in [2.45, 2.75) is 27.2 Å². The number of nitrogens with one attached hydrogen (secondary N) is 2. The minimum atomic E-state index is -0.390. The first-order valence-electron chi connectivity index (χ1n) is 12.5. The first-order chi connectivity index (χ1) is 18.5. The van der Waals surface area contributed by atoms with Gasteiger partial charge in [0.2, 0.25) is 0 Å². The molecule has 9 nitrogen and oxygen atoms in total. The minimum Gasteiger partial charge on any atom is -0.490 e. The predicted octanol–water partition coefficient (Wildman–Crippen LogP) is 5.05. The Kier molecular flexibility index (Phi) is 11.0. The van der Waals surface area contributed by atoms with Gasteiger partial charge in [-0.05, 0) is 74.4 Å². The summed E-state index contributed by atoms with van der Waals surface area (Å²) in [5.41, 5.74) is 4.27. The number of ether oxygens (including phenoxy) is 4. The molecule has 0 fully saturated rings. The molecule has 0 heterocycles. The second kappa shape index (κ2) is 14.9. The van der Waals surface area contributed by atoms with Crippen LogP contribution in [0.5, 0.6) is 23.0 Å².